The minimum Gasteiger partial charge on any atom is -0.488 e. The fourth-order valence-electron chi connectivity index (χ4n) is 1.73. The smallest absolute Gasteiger partial charge is 0.134 e. The summed E-state index contributed by atoms with van der Waals surface area (Å²) < 4.78 is 6.75. The lowest BCUT2D eigenvalue weighted by atomic mass is 10.2. The Labute approximate surface area is 123 Å². The molecule has 0 aliphatic rings. The van der Waals surface area contributed by atoms with Crippen LogP contribution in [0, 0.1) is 0 Å². The van der Waals surface area contributed by atoms with Crippen LogP contribution in [0.15, 0.2) is 22.7 Å². The Bertz CT molecular complexity index is 373. The van der Waals surface area contributed by atoms with Gasteiger partial charge in [0.05, 0.1) is 4.47 Å². The fourth-order valence-corrected chi connectivity index (χ4v) is 2.51. The number of hydrogen-bond acceptors (Lipinski definition) is 2. The highest BCUT2D eigenvalue weighted by Gasteiger charge is 2.09. The van der Waals surface area contributed by atoms with Gasteiger partial charge in [-0.2, -0.15) is 0 Å². The second-order valence-corrected chi connectivity index (χ2v) is 5.89. The van der Waals surface area contributed by atoms with Crippen molar-refractivity contribution >= 4 is 27.5 Å². The van der Waals surface area contributed by atoms with E-state index in [9.17, 15) is 0 Å². The molecule has 0 radical (unpaired) electrons. The third kappa shape index (κ3) is 5.59. The molecule has 102 valence electrons. The van der Waals surface area contributed by atoms with Crippen LogP contribution in [-0.2, 0) is 0 Å². The molecule has 0 aromatic heterocycles. The molecule has 0 bridgehead atoms. The molecular formula is C14H21BrClNO. The van der Waals surface area contributed by atoms with Crippen molar-refractivity contribution in [2.45, 2.75) is 45.8 Å². The third-order valence-corrected chi connectivity index (χ3v) is 3.55. The lowest BCUT2D eigenvalue weighted by Crippen LogP contribution is -2.35. The monoisotopic (exact) mass is 333 g/mol. The first-order valence-corrected chi connectivity index (χ1v) is 7.55. The second kappa shape index (κ2) is 8.03. The van der Waals surface area contributed by atoms with Crippen LogP contribution >= 0.6 is 27.5 Å². The molecular weight excluding hydrogens is 314 g/mol. The van der Waals surface area contributed by atoms with E-state index in [1.54, 1.807) is 0 Å². The molecule has 0 aliphatic heterocycles. The highest BCUT2D eigenvalue weighted by molar-refractivity contribution is 9.10. The summed E-state index contributed by atoms with van der Waals surface area (Å²) in [4.78, 5) is 0. The first-order chi connectivity index (χ1) is 8.52. The van der Waals surface area contributed by atoms with E-state index in [0.29, 0.717) is 11.1 Å². The van der Waals surface area contributed by atoms with Crippen LogP contribution in [0.5, 0.6) is 5.75 Å². The first kappa shape index (κ1) is 15.8. The molecule has 0 fully saturated rings. The zero-order chi connectivity index (χ0) is 13.5. The van der Waals surface area contributed by atoms with Crippen molar-refractivity contribution in [3.05, 3.63) is 27.7 Å². The van der Waals surface area contributed by atoms with Gasteiger partial charge in [0.25, 0.3) is 0 Å². The van der Waals surface area contributed by atoms with Crippen molar-refractivity contribution in [3.8, 4) is 5.75 Å². The normalized spacial score (nSPS) is 14.3. The Hall–Kier alpha value is -0.250. The summed E-state index contributed by atoms with van der Waals surface area (Å²) >= 11 is 9.34. The average Bonchev–Trinajstić information content (AvgIpc) is 2.31. The fraction of sp³-hybridized carbons (Fsp3) is 0.571. The maximum Gasteiger partial charge on any atom is 0.134 e. The van der Waals surface area contributed by atoms with Crippen molar-refractivity contribution < 1.29 is 4.74 Å². The first-order valence-electron chi connectivity index (χ1n) is 6.38. The van der Waals surface area contributed by atoms with Gasteiger partial charge < -0.3 is 10.1 Å². The molecule has 0 saturated heterocycles. The zero-order valence-corrected chi connectivity index (χ0v) is 13.5. The van der Waals surface area contributed by atoms with E-state index in [4.69, 9.17) is 16.3 Å². The van der Waals surface area contributed by atoms with Crippen LogP contribution in [0.1, 0.15) is 33.6 Å². The Morgan fingerprint density at radius 3 is 2.72 bits per heavy atom. The molecule has 0 heterocycles. The van der Waals surface area contributed by atoms with Gasteiger partial charge in [0, 0.05) is 17.6 Å². The van der Waals surface area contributed by atoms with Crippen molar-refractivity contribution in [3.63, 3.8) is 0 Å². The van der Waals surface area contributed by atoms with Crippen molar-refractivity contribution in [2.75, 3.05) is 6.54 Å². The second-order valence-electron chi connectivity index (χ2n) is 4.60. The van der Waals surface area contributed by atoms with Gasteiger partial charge in [-0.05, 0) is 54.4 Å². The number of ether oxygens (including phenoxy) is 1. The van der Waals surface area contributed by atoms with E-state index in [1.165, 1.54) is 12.8 Å². The maximum absolute atomic E-state index is 5.89. The van der Waals surface area contributed by atoms with E-state index in [1.807, 2.05) is 18.2 Å². The average molecular weight is 335 g/mol. The SMILES string of the molecule is CCCC(C)NCC(C)Oc1ccc(Cl)cc1Br. The molecule has 2 atom stereocenters. The maximum atomic E-state index is 5.89. The van der Waals surface area contributed by atoms with Gasteiger partial charge in [0.2, 0.25) is 0 Å². The van der Waals surface area contributed by atoms with Gasteiger partial charge in [-0.25, -0.2) is 0 Å². The van der Waals surface area contributed by atoms with Crippen molar-refractivity contribution in [2.24, 2.45) is 0 Å². The minimum absolute atomic E-state index is 0.127. The quantitative estimate of drug-likeness (QED) is 0.784. The summed E-state index contributed by atoms with van der Waals surface area (Å²) in [5.41, 5.74) is 0. The van der Waals surface area contributed by atoms with Gasteiger partial charge in [-0.1, -0.05) is 24.9 Å². The van der Waals surface area contributed by atoms with Crippen LogP contribution in [0.25, 0.3) is 0 Å². The van der Waals surface area contributed by atoms with Crippen LogP contribution in [0.3, 0.4) is 0 Å². The van der Waals surface area contributed by atoms with E-state index in [-0.39, 0.29) is 6.10 Å². The number of halogens is 2. The molecule has 1 aromatic rings. The van der Waals surface area contributed by atoms with Gasteiger partial charge >= 0.3 is 0 Å². The summed E-state index contributed by atoms with van der Waals surface area (Å²) in [6.07, 6.45) is 2.52. The molecule has 2 nitrogen and oxygen atoms in total. The van der Waals surface area contributed by atoms with Gasteiger partial charge in [0.15, 0.2) is 0 Å². The van der Waals surface area contributed by atoms with E-state index >= 15 is 0 Å². The molecule has 1 rings (SSSR count). The Morgan fingerprint density at radius 1 is 1.39 bits per heavy atom. The number of benzene rings is 1. The summed E-state index contributed by atoms with van der Waals surface area (Å²) in [6, 6.07) is 6.10. The molecule has 0 saturated carbocycles. The molecule has 18 heavy (non-hydrogen) atoms. The van der Waals surface area contributed by atoms with E-state index in [0.717, 1.165) is 16.8 Å². The molecule has 4 heteroatoms. The Kier molecular flexibility index (Phi) is 7.05. The van der Waals surface area contributed by atoms with Gasteiger partial charge in [-0.15, -0.1) is 0 Å². The summed E-state index contributed by atoms with van der Waals surface area (Å²) in [7, 11) is 0. The molecule has 0 amide bonds. The molecule has 2 unspecified atom stereocenters. The topological polar surface area (TPSA) is 21.3 Å². The van der Waals surface area contributed by atoms with E-state index in [2.05, 4.69) is 42.0 Å². The minimum atomic E-state index is 0.127. The molecule has 0 spiro atoms. The van der Waals surface area contributed by atoms with Crippen LogP contribution in [0.2, 0.25) is 5.02 Å². The van der Waals surface area contributed by atoms with Crippen molar-refractivity contribution in [1.29, 1.82) is 0 Å². The van der Waals surface area contributed by atoms with Gasteiger partial charge in [-0.3, -0.25) is 0 Å². The summed E-state index contributed by atoms with van der Waals surface area (Å²) in [6.45, 7) is 7.31. The number of hydrogen-bond donors (Lipinski definition) is 1. The summed E-state index contributed by atoms with van der Waals surface area (Å²) in [5, 5.41) is 4.17. The predicted molar refractivity (Wildman–Crippen MR) is 81.6 cm³/mol. The number of nitrogens with one attached hydrogen (secondary N) is 1. The standard InChI is InChI=1S/C14H21BrClNO/c1-4-5-10(2)17-9-11(3)18-14-7-6-12(16)8-13(14)15/h6-8,10-11,17H,4-5,9H2,1-3H3. The van der Waals surface area contributed by atoms with E-state index < -0.39 is 0 Å². The van der Waals surface area contributed by atoms with Gasteiger partial charge in [0.1, 0.15) is 11.9 Å². The zero-order valence-electron chi connectivity index (χ0n) is 11.2. The van der Waals surface area contributed by atoms with Crippen LogP contribution in [-0.4, -0.2) is 18.7 Å². The number of rotatable bonds is 7. The highest BCUT2D eigenvalue weighted by Crippen LogP contribution is 2.28. The Morgan fingerprint density at radius 2 is 2.11 bits per heavy atom. The lowest BCUT2D eigenvalue weighted by molar-refractivity contribution is 0.210. The lowest BCUT2D eigenvalue weighted by Gasteiger charge is -2.19. The van der Waals surface area contributed by atoms with Crippen LogP contribution < -0.4 is 10.1 Å². The van der Waals surface area contributed by atoms with Crippen LogP contribution in [0.4, 0.5) is 0 Å². The molecule has 1 aromatic carbocycles. The molecule has 1 N–H and O–H groups in total. The Balaban J connectivity index is 2.42. The largest absolute Gasteiger partial charge is 0.488 e. The molecule has 0 aliphatic carbocycles. The van der Waals surface area contributed by atoms with Crippen molar-refractivity contribution in [1.82, 2.24) is 5.32 Å². The predicted octanol–water partition coefficient (Wildman–Crippen LogP) is 4.65. The highest BCUT2D eigenvalue weighted by atomic mass is 79.9. The summed E-state index contributed by atoms with van der Waals surface area (Å²) in [5.74, 6) is 0.830. The third-order valence-electron chi connectivity index (χ3n) is 2.70.